The highest BCUT2D eigenvalue weighted by atomic mass is 16.7. The molecule has 0 aromatic carbocycles. The highest BCUT2D eigenvalue weighted by Crippen LogP contribution is 2.62. The second-order valence-electron chi connectivity index (χ2n) is 7.76. The van der Waals surface area contributed by atoms with Crippen molar-refractivity contribution in [2.24, 2.45) is 21.9 Å². The molecule has 0 amide bonds. The first-order valence-electron chi connectivity index (χ1n) is 8.81. The van der Waals surface area contributed by atoms with E-state index in [1.54, 1.807) is 0 Å². The fourth-order valence-corrected chi connectivity index (χ4v) is 3.66. The van der Waals surface area contributed by atoms with Gasteiger partial charge < -0.3 is 14.3 Å². The number of rotatable bonds is 7. The van der Waals surface area contributed by atoms with Gasteiger partial charge in [0.1, 0.15) is 5.71 Å². The van der Waals surface area contributed by atoms with Gasteiger partial charge in [-0.25, -0.2) is 9.59 Å². The van der Waals surface area contributed by atoms with Gasteiger partial charge in [0.05, 0.1) is 12.8 Å². The zero-order valence-corrected chi connectivity index (χ0v) is 16.1. The van der Waals surface area contributed by atoms with Crippen molar-refractivity contribution < 1.29 is 33.5 Å². The third-order valence-corrected chi connectivity index (χ3v) is 5.83. The molecule has 0 saturated heterocycles. The van der Waals surface area contributed by atoms with Gasteiger partial charge >= 0.3 is 17.9 Å². The van der Waals surface area contributed by atoms with E-state index in [1.165, 1.54) is 6.92 Å². The summed E-state index contributed by atoms with van der Waals surface area (Å²) in [6.45, 7) is 10.3. The standard InChI is InChI=1S/C19H25NO7/c1-11(2)17(24)26-10-25-13(21)6-7-14(22)27-20-16-15(23)12-8-9-19(16,5)18(12,3)4/h12H,1,6-10H2,2-5H3/b20-16-. The maximum absolute atomic E-state index is 12.4. The summed E-state index contributed by atoms with van der Waals surface area (Å²) in [5.41, 5.74) is -0.159. The minimum Gasteiger partial charge on any atom is -0.428 e. The molecular weight excluding hydrogens is 354 g/mol. The highest BCUT2D eigenvalue weighted by molar-refractivity contribution is 6.45. The summed E-state index contributed by atoms with van der Waals surface area (Å²) < 4.78 is 9.28. The molecule has 0 spiro atoms. The van der Waals surface area contributed by atoms with Crippen molar-refractivity contribution in [1.82, 2.24) is 0 Å². The van der Waals surface area contributed by atoms with Crippen LogP contribution in [0.15, 0.2) is 17.3 Å². The van der Waals surface area contributed by atoms with E-state index < -0.39 is 30.1 Å². The highest BCUT2D eigenvalue weighted by Gasteiger charge is 2.65. The summed E-state index contributed by atoms with van der Waals surface area (Å²) >= 11 is 0. The first kappa shape index (κ1) is 20.8. The topological polar surface area (TPSA) is 108 Å². The summed E-state index contributed by atoms with van der Waals surface area (Å²) in [6, 6.07) is 0. The number of ketones is 1. The third-order valence-electron chi connectivity index (χ3n) is 5.83. The van der Waals surface area contributed by atoms with Crippen molar-refractivity contribution in [1.29, 1.82) is 0 Å². The van der Waals surface area contributed by atoms with Crippen LogP contribution < -0.4 is 0 Å². The van der Waals surface area contributed by atoms with Gasteiger partial charge in [0, 0.05) is 16.9 Å². The van der Waals surface area contributed by atoms with Crippen LogP contribution in [0.2, 0.25) is 0 Å². The van der Waals surface area contributed by atoms with Crippen LogP contribution >= 0.6 is 0 Å². The van der Waals surface area contributed by atoms with Crippen LogP contribution in [-0.2, 0) is 33.5 Å². The molecule has 0 aromatic rings. The lowest BCUT2D eigenvalue weighted by Gasteiger charge is -2.32. The Morgan fingerprint density at radius 2 is 1.78 bits per heavy atom. The van der Waals surface area contributed by atoms with Crippen molar-refractivity contribution in [2.75, 3.05) is 6.79 Å². The Bertz CT molecular complexity index is 722. The zero-order chi connectivity index (χ0) is 20.4. The van der Waals surface area contributed by atoms with Gasteiger partial charge in [-0.3, -0.25) is 9.59 Å². The molecule has 8 nitrogen and oxygen atoms in total. The third kappa shape index (κ3) is 3.94. The maximum Gasteiger partial charge on any atom is 0.335 e. The average Bonchev–Trinajstić information content (AvgIpc) is 2.89. The number of hydrogen-bond donors (Lipinski definition) is 0. The van der Waals surface area contributed by atoms with E-state index in [-0.39, 0.29) is 35.5 Å². The normalized spacial score (nSPS) is 26.7. The van der Waals surface area contributed by atoms with E-state index in [0.717, 1.165) is 12.8 Å². The second kappa shape index (κ2) is 7.62. The maximum atomic E-state index is 12.4. The van der Waals surface area contributed by atoms with Gasteiger partial charge in [-0.2, -0.15) is 0 Å². The van der Waals surface area contributed by atoms with Gasteiger partial charge in [-0.1, -0.05) is 32.5 Å². The number of esters is 2. The smallest absolute Gasteiger partial charge is 0.335 e. The fraction of sp³-hybridized carbons (Fsp3) is 0.632. The molecule has 2 aliphatic rings. The van der Waals surface area contributed by atoms with Crippen molar-refractivity contribution in [3.63, 3.8) is 0 Å². The van der Waals surface area contributed by atoms with Crippen LogP contribution in [0.25, 0.3) is 0 Å². The molecule has 0 radical (unpaired) electrons. The lowest BCUT2D eigenvalue weighted by atomic mass is 9.70. The Balaban J connectivity index is 1.79. The lowest BCUT2D eigenvalue weighted by Crippen LogP contribution is -2.34. The monoisotopic (exact) mass is 379 g/mol. The van der Waals surface area contributed by atoms with Crippen LogP contribution in [0.3, 0.4) is 0 Å². The molecule has 0 aliphatic heterocycles. The molecule has 0 heterocycles. The number of oxime groups is 1. The Morgan fingerprint density at radius 3 is 2.33 bits per heavy atom. The molecule has 2 rings (SSSR count). The Kier molecular flexibility index (Phi) is 5.87. The summed E-state index contributed by atoms with van der Waals surface area (Å²) in [5.74, 6) is -2.31. The Hall–Kier alpha value is -2.51. The Labute approximate surface area is 157 Å². The molecule has 2 aliphatic carbocycles. The van der Waals surface area contributed by atoms with E-state index in [2.05, 4.69) is 21.2 Å². The van der Waals surface area contributed by atoms with Crippen LogP contribution in [0.4, 0.5) is 0 Å². The lowest BCUT2D eigenvalue weighted by molar-refractivity contribution is -0.166. The number of fused-ring (bicyclic) bond motifs is 2. The summed E-state index contributed by atoms with van der Waals surface area (Å²) in [5, 5.41) is 3.82. The minimum atomic E-state index is -0.740. The van der Waals surface area contributed by atoms with Gasteiger partial charge in [-0.15, -0.1) is 0 Å². The summed E-state index contributed by atoms with van der Waals surface area (Å²) in [6.07, 6.45) is 1.12. The Morgan fingerprint density at radius 1 is 1.15 bits per heavy atom. The number of carbonyl (C=O) groups excluding carboxylic acids is 4. The zero-order valence-electron chi connectivity index (χ0n) is 16.1. The molecular formula is C19H25NO7. The van der Waals surface area contributed by atoms with E-state index in [9.17, 15) is 19.2 Å². The molecule has 2 fully saturated rings. The average molecular weight is 379 g/mol. The first-order valence-corrected chi connectivity index (χ1v) is 8.81. The predicted octanol–water partition coefficient (Wildman–Crippen LogP) is 2.31. The SMILES string of the molecule is C=C(C)C(=O)OCOC(=O)CCC(=O)O/N=C1/C(=O)C2CCC1(C)C2(C)C. The van der Waals surface area contributed by atoms with Crippen molar-refractivity contribution in [3.05, 3.63) is 12.2 Å². The number of hydrogen-bond acceptors (Lipinski definition) is 8. The number of Topliss-reactive ketones (excluding diaryl/α,β-unsaturated/α-hetero) is 1. The quantitative estimate of drug-likeness (QED) is 0.219. The molecule has 2 atom stereocenters. The number of nitrogens with zero attached hydrogens (tertiary/aromatic N) is 1. The second-order valence-corrected chi connectivity index (χ2v) is 7.76. The molecule has 2 bridgehead atoms. The molecule has 0 aromatic heterocycles. The van der Waals surface area contributed by atoms with Crippen molar-refractivity contribution in [3.8, 4) is 0 Å². The number of carbonyl (C=O) groups is 4. The molecule has 148 valence electrons. The van der Waals surface area contributed by atoms with E-state index in [1.807, 2.05) is 20.8 Å². The van der Waals surface area contributed by atoms with Gasteiger partial charge in [0.15, 0.2) is 5.78 Å². The summed E-state index contributed by atoms with van der Waals surface area (Å²) in [4.78, 5) is 51.8. The van der Waals surface area contributed by atoms with Gasteiger partial charge in [0.2, 0.25) is 6.79 Å². The predicted molar refractivity (Wildman–Crippen MR) is 94.2 cm³/mol. The molecule has 27 heavy (non-hydrogen) atoms. The van der Waals surface area contributed by atoms with Crippen LogP contribution in [0.5, 0.6) is 0 Å². The fourth-order valence-electron chi connectivity index (χ4n) is 3.66. The molecule has 0 N–H and O–H groups in total. The van der Waals surface area contributed by atoms with Gasteiger partial charge in [0.25, 0.3) is 0 Å². The summed E-state index contributed by atoms with van der Waals surface area (Å²) in [7, 11) is 0. The molecule has 2 unspecified atom stereocenters. The van der Waals surface area contributed by atoms with Crippen molar-refractivity contribution in [2.45, 2.75) is 53.4 Å². The van der Waals surface area contributed by atoms with E-state index in [0.29, 0.717) is 5.71 Å². The van der Waals surface area contributed by atoms with Crippen LogP contribution in [0.1, 0.15) is 53.4 Å². The van der Waals surface area contributed by atoms with E-state index in [4.69, 9.17) is 4.84 Å². The van der Waals surface area contributed by atoms with Crippen LogP contribution in [0, 0.1) is 16.7 Å². The van der Waals surface area contributed by atoms with E-state index >= 15 is 0 Å². The minimum absolute atomic E-state index is 0.0692. The first-order chi connectivity index (χ1) is 12.5. The largest absolute Gasteiger partial charge is 0.428 e. The molecule has 2 saturated carbocycles. The molecule has 8 heteroatoms. The van der Waals surface area contributed by atoms with Gasteiger partial charge in [-0.05, 0) is 25.2 Å². The van der Waals surface area contributed by atoms with Crippen molar-refractivity contribution >= 4 is 29.4 Å². The van der Waals surface area contributed by atoms with Crippen LogP contribution in [-0.4, -0.2) is 36.2 Å². The number of ether oxygens (including phenoxy) is 2.